The lowest BCUT2D eigenvalue weighted by Gasteiger charge is -2.21. The van der Waals surface area contributed by atoms with Gasteiger partial charge in [-0.1, -0.05) is 55.9 Å². The van der Waals surface area contributed by atoms with E-state index in [1.165, 1.54) is 11.8 Å². The number of benzene rings is 1. The van der Waals surface area contributed by atoms with Crippen molar-refractivity contribution in [2.75, 3.05) is 5.75 Å². The number of amides is 1. The predicted molar refractivity (Wildman–Crippen MR) is 129 cm³/mol. The third kappa shape index (κ3) is 6.10. The van der Waals surface area contributed by atoms with Crippen LogP contribution < -0.4 is 5.32 Å². The molecule has 0 aliphatic rings. The highest BCUT2D eigenvalue weighted by Gasteiger charge is 2.19. The van der Waals surface area contributed by atoms with Crippen LogP contribution in [-0.4, -0.2) is 31.4 Å². The van der Waals surface area contributed by atoms with E-state index in [2.05, 4.69) is 46.5 Å². The first-order valence-corrected chi connectivity index (χ1v) is 11.9. The summed E-state index contributed by atoms with van der Waals surface area (Å²) in [4.78, 5) is 17.1. The molecule has 8 heteroatoms. The van der Waals surface area contributed by atoms with Gasteiger partial charge in [-0.3, -0.25) is 14.3 Å². The van der Waals surface area contributed by atoms with Crippen molar-refractivity contribution in [3.05, 3.63) is 84.6 Å². The van der Waals surface area contributed by atoms with E-state index in [0.717, 1.165) is 23.3 Å². The third-order valence-electron chi connectivity index (χ3n) is 5.11. The topological polar surface area (TPSA) is 85.8 Å². The van der Waals surface area contributed by atoms with Gasteiger partial charge in [-0.2, -0.15) is 0 Å². The summed E-state index contributed by atoms with van der Waals surface area (Å²) in [6.07, 6.45) is 5.99. The monoisotopic (exact) mass is 461 g/mol. The van der Waals surface area contributed by atoms with Crippen molar-refractivity contribution in [3.8, 4) is 11.4 Å². The molecule has 0 aliphatic carbocycles. The van der Waals surface area contributed by atoms with Crippen LogP contribution in [0.5, 0.6) is 0 Å². The number of hydrogen-bond donors (Lipinski definition) is 1. The Labute approximate surface area is 197 Å². The Balaban J connectivity index is 1.49. The average Bonchev–Trinajstić information content (AvgIpc) is 3.48. The number of thioether (sulfide) groups is 1. The van der Waals surface area contributed by atoms with Crippen LogP contribution in [0.1, 0.15) is 37.6 Å². The Morgan fingerprint density at radius 3 is 2.64 bits per heavy atom. The fourth-order valence-electron chi connectivity index (χ4n) is 3.61. The molecule has 0 fully saturated rings. The van der Waals surface area contributed by atoms with E-state index in [4.69, 9.17) is 4.42 Å². The molecule has 0 saturated carbocycles. The number of hydrogen-bond acceptors (Lipinski definition) is 6. The first-order chi connectivity index (χ1) is 16.1. The zero-order valence-electron chi connectivity index (χ0n) is 18.7. The molecule has 170 valence electrons. The third-order valence-corrected chi connectivity index (χ3v) is 6.07. The predicted octanol–water partition coefficient (Wildman–Crippen LogP) is 4.98. The Hall–Kier alpha value is -3.39. The molecule has 7 nitrogen and oxygen atoms in total. The number of nitrogens with zero attached hydrogens (tertiary/aromatic N) is 4. The Kier molecular flexibility index (Phi) is 7.57. The lowest BCUT2D eigenvalue weighted by Crippen LogP contribution is -2.31. The molecular formula is C25H27N5O2S. The maximum Gasteiger partial charge on any atom is 0.230 e. The van der Waals surface area contributed by atoms with Crippen LogP contribution in [0, 0.1) is 5.92 Å². The summed E-state index contributed by atoms with van der Waals surface area (Å²) < 4.78 is 7.49. The summed E-state index contributed by atoms with van der Waals surface area (Å²) in [6, 6.07) is 17.6. The average molecular weight is 462 g/mol. The quantitative estimate of drug-likeness (QED) is 0.335. The van der Waals surface area contributed by atoms with Crippen LogP contribution in [0.3, 0.4) is 0 Å². The van der Waals surface area contributed by atoms with E-state index < -0.39 is 0 Å². The number of furan rings is 1. The highest BCUT2D eigenvalue weighted by molar-refractivity contribution is 7.99. The van der Waals surface area contributed by atoms with Gasteiger partial charge in [0, 0.05) is 18.0 Å². The van der Waals surface area contributed by atoms with Crippen LogP contribution in [0.4, 0.5) is 0 Å². The summed E-state index contributed by atoms with van der Waals surface area (Å²) in [7, 11) is 0. The van der Waals surface area contributed by atoms with E-state index in [1.807, 2.05) is 47.0 Å². The van der Waals surface area contributed by atoms with Gasteiger partial charge in [-0.05, 0) is 42.2 Å². The van der Waals surface area contributed by atoms with Gasteiger partial charge >= 0.3 is 0 Å². The van der Waals surface area contributed by atoms with Gasteiger partial charge in [-0.15, -0.1) is 10.2 Å². The number of nitrogens with one attached hydrogen (secondary N) is 1. The highest BCUT2D eigenvalue weighted by atomic mass is 32.2. The van der Waals surface area contributed by atoms with Gasteiger partial charge in [0.2, 0.25) is 5.91 Å². The molecule has 0 saturated heterocycles. The number of aromatic nitrogens is 4. The van der Waals surface area contributed by atoms with Gasteiger partial charge in [-0.25, -0.2) is 0 Å². The molecule has 0 radical (unpaired) electrons. The zero-order chi connectivity index (χ0) is 23.0. The molecule has 4 aromatic rings. The summed E-state index contributed by atoms with van der Waals surface area (Å²) in [5.74, 6) is 2.13. The summed E-state index contributed by atoms with van der Waals surface area (Å²) in [5, 5.41) is 12.6. The number of rotatable bonds is 10. The SMILES string of the molecule is CC(C)CC(NC(=O)CSc1nnc(-c2cccnc2)n1Cc1ccco1)c1ccccc1. The largest absolute Gasteiger partial charge is 0.467 e. The first kappa shape index (κ1) is 22.8. The summed E-state index contributed by atoms with van der Waals surface area (Å²) in [6.45, 7) is 4.79. The Morgan fingerprint density at radius 2 is 1.94 bits per heavy atom. The molecule has 0 spiro atoms. The zero-order valence-corrected chi connectivity index (χ0v) is 19.5. The molecule has 1 atom stereocenters. The molecule has 1 N–H and O–H groups in total. The normalized spacial score (nSPS) is 12.1. The fourth-order valence-corrected chi connectivity index (χ4v) is 4.36. The standard InChI is InChI=1S/C25H27N5O2S/c1-18(2)14-22(19-8-4-3-5-9-19)27-23(31)17-33-25-29-28-24(20-10-6-12-26-15-20)30(25)16-21-11-7-13-32-21/h3-13,15,18,22H,14,16-17H2,1-2H3,(H,27,31). The summed E-state index contributed by atoms with van der Waals surface area (Å²) in [5.41, 5.74) is 1.97. The van der Waals surface area contributed by atoms with Crippen LogP contribution in [0.15, 0.2) is 82.8 Å². The van der Waals surface area contributed by atoms with Crippen molar-refractivity contribution in [2.45, 2.75) is 38.0 Å². The fraction of sp³-hybridized carbons (Fsp3) is 0.280. The van der Waals surface area contributed by atoms with Crippen LogP contribution >= 0.6 is 11.8 Å². The Bertz CT molecular complexity index is 1140. The lowest BCUT2D eigenvalue weighted by molar-refractivity contribution is -0.119. The van der Waals surface area contributed by atoms with Crippen molar-refractivity contribution >= 4 is 17.7 Å². The Morgan fingerprint density at radius 1 is 1.09 bits per heavy atom. The molecule has 3 aromatic heterocycles. The van der Waals surface area contributed by atoms with Crippen LogP contribution in [-0.2, 0) is 11.3 Å². The smallest absolute Gasteiger partial charge is 0.230 e. The van der Waals surface area contributed by atoms with Crippen molar-refractivity contribution in [3.63, 3.8) is 0 Å². The second kappa shape index (κ2) is 11.0. The van der Waals surface area contributed by atoms with Gasteiger partial charge in [0.15, 0.2) is 11.0 Å². The van der Waals surface area contributed by atoms with E-state index >= 15 is 0 Å². The van der Waals surface area contributed by atoms with Crippen LogP contribution in [0.25, 0.3) is 11.4 Å². The van der Waals surface area contributed by atoms with Gasteiger partial charge in [0.25, 0.3) is 0 Å². The lowest BCUT2D eigenvalue weighted by atomic mass is 9.97. The molecule has 0 aliphatic heterocycles. The van der Waals surface area contributed by atoms with E-state index in [0.29, 0.717) is 23.4 Å². The molecule has 1 aromatic carbocycles. The number of carbonyl (C=O) groups excluding carboxylic acids is 1. The molecule has 3 heterocycles. The first-order valence-electron chi connectivity index (χ1n) is 10.9. The minimum Gasteiger partial charge on any atom is -0.467 e. The van der Waals surface area contributed by atoms with Crippen molar-refractivity contribution in [2.24, 2.45) is 5.92 Å². The van der Waals surface area contributed by atoms with Crippen LogP contribution in [0.2, 0.25) is 0 Å². The molecule has 4 rings (SSSR count). The van der Waals surface area contributed by atoms with E-state index in [9.17, 15) is 4.79 Å². The number of pyridine rings is 1. The van der Waals surface area contributed by atoms with E-state index in [-0.39, 0.29) is 17.7 Å². The van der Waals surface area contributed by atoms with Crippen molar-refractivity contribution < 1.29 is 9.21 Å². The van der Waals surface area contributed by atoms with E-state index in [1.54, 1.807) is 18.7 Å². The van der Waals surface area contributed by atoms with Gasteiger partial charge < -0.3 is 9.73 Å². The van der Waals surface area contributed by atoms with Gasteiger partial charge in [0.05, 0.1) is 24.6 Å². The minimum atomic E-state index is -0.0371. The molecule has 0 bridgehead atoms. The minimum absolute atomic E-state index is 0.0220. The number of carbonyl (C=O) groups is 1. The molecular weight excluding hydrogens is 434 g/mol. The van der Waals surface area contributed by atoms with Crippen molar-refractivity contribution in [1.82, 2.24) is 25.1 Å². The maximum absolute atomic E-state index is 12.9. The second-order valence-corrected chi connectivity index (χ2v) is 9.10. The van der Waals surface area contributed by atoms with Crippen molar-refractivity contribution in [1.29, 1.82) is 0 Å². The molecule has 33 heavy (non-hydrogen) atoms. The molecule has 1 unspecified atom stereocenters. The van der Waals surface area contributed by atoms with Gasteiger partial charge in [0.1, 0.15) is 5.76 Å². The second-order valence-electron chi connectivity index (χ2n) is 8.16. The summed E-state index contributed by atoms with van der Waals surface area (Å²) >= 11 is 1.36. The highest BCUT2D eigenvalue weighted by Crippen LogP contribution is 2.26. The molecule has 1 amide bonds. The maximum atomic E-state index is 12.9.